The molecule has 0 saturated heterocycles. The molecule has 0 amide bonds. The minimum atomic E-state index is -0.344. The first-order valence-corrected chi connectivity index (χ1v) is 5.92. The molecule has 0 radical (unpaired) electrons. The quantitative estimate of drug-likeness (QED) is 0.600. The van der Waals surface area contributed by atoms with Gasteiger partial charge in [0.05, 0.1) is 4.47 Å². The molecule has 2 aromatic rings. The number of nitrogens with one attached hydrogen (secondary N) is 2. The van der Waals surface area contributed by atoms with E-state index >= 15 is 0 Å². The lowest BCUT2D eigenvalue weighted by molar-refractivity contribution is 0.622. The largest absolute Gasteiger partial charge is 0.340 e. The van der Waals surface area contributed by atoms with E-state index in [0.717, 1.165) is 0 Å². The number of benzene rings is 1. The number of nitrogens with two attached hydrogens (primary N) is 1. The van der Waals surface area contributed by atoms with Gasteiger partial charge in [-0.25, -0.2) is 20.2 Å². The molecule has 0 fully saturated rings. The Morgan fingerprint density at radius 1 is 1.22 bits per heavy atom. The molecule has 4 N–H and O–H groups in total. The summed E-state index contributed by atoms with van der Waals surface area (Å²) in [6.07, 6.45) is 0. The van der Waals surface area contributed by atoms with E-state index in [2.05, 4.69) is 36.6 Å². The highest BCUT2D eigenvalue weighted by Gasteiger charge is 2.04. The number of aryl methyl sites for hydroxylation is 1. The van der Waals surface area contributed by atoms with E-state index in [0.29, 0.717) is 27.6 Å². The standard InChI is InChI=1S/C11H11BrFN5/c1-6-15-10(5-11(16-6)18-14)17-7-2-3-8(12)9(13)4-7/h2-5H,14H2,1H3,(H2,15,16,17,18). The first-order valence-electron chi connectivity index (χ1n) is 5.13. The van der Waals surface area contributed by atoms with Crippen molar-refractivity contribution in [1.82, 2.24) is 9.97 Å². The summed E-state index contributed by atoms with van der Waals surface area (Å²) in [4.78, 5) is 8.23. The van der Waals surface area contributed by atoms with Crippen molar-refractivity contribution in [3.63, 3.8) is 0 Å². The lowest BCUT2D eigenvalue weighted by atomic mass is 10.3. The predicted molar refractivity (Wildman–Crippen MR) is 72.0 cm³/mol. The third-order valence-corrected chi connectivity index (χ3v) is 2.82. The van der Waals surface area contributed by atoms with E-state index in [1.165, 1.54) is 6.07 Å². The molecular weight excluding hydrogens is 301 g/mol. The Balaban J connectivity index is 2.27. The number of rotatable bonds is 3. The molecule has 0 unspecified atom stereocenters. The zero-order chi connectivity index (χ0) is 13.1. The second kappa shape index (κ2) is 5.28. The van der Waals surface area contributed by atoms with Crippen LogP contribution >= 0.6 is 15.9 Å². The molecule has 0 aliphatic heterocycles. The summed E-state index contributed by atoms with van der Waals surface area (Å²) < 4.78 is 13.8. The van der Waals surface area contributed by atoms with Gasteiger partial charge in [-0.15, -0.1) is 0 Å². The fourth-order valence-electron chi connectivity index (χ4n) is 1.43. The van der Waals surface area contributed by atoms with Crippen molar-refractivity contribution in [3.8, 4) is 0 Å². The van der Waals surface area contributed by atoms with Gasteiger partial charge in [-0.2, -0.15) is 0 Å². The minimum absolute atomic E-state index is 0.344. The third kappa shape index (κ3) is 2.93. The number of nitrogen functional groups attached to an aromatic ring is 1. The van der Waals surface area contributed by atoms with Gasteiger partial charge >= 0.3 is 0 Å². The number of hydrogen-bond donors (Lipinski definition) is 3. The van der Waals surface area contributed by atoms with E-state index in [-0.39, 0.29) is 5.82 Å². The lowest BCUT2D eigenvalue weighted by Crippen LogP contribution is -2.10. The molecule has 2 rings (SSSR count). The number of anilines is 3. The summed E-state index contributed by atoms with van der Waals surface area (Å²) in [6.45, 7) is 1.74. The number of aromatic nitrogens is 2. The van der Waals surface area contributed by atoms with Crippen molar-refractivity contribution in [1.29, 1.82) is 0 Å². The summed E-state index contributed by atoms with van der Waals surface area (Å²) in [5, 5.41) is 2.98. The van der Waals surface area contributed by atoms with Crippen LogP contribution in [0.5, 0.6) is 0 Å². The van der Waals surface area contributed by atoms with Crippen LogP contribution in [0.1, 0.15) is 5.82 Å². The molecule has 1 aromatic carbocycles. The minimum Gasteiger partial charge on any atom is -0.340 e. The molecule has 5 nitrogen and oxygen atoms in total. The molecule has 1 aromatic heterocycles. The summed E-state index contributed by atoms with van der Waals surface area (Å²) in [5.74, 6) is 6.53. The first-order chi connectivity index (χ1) is 8.58. The van der Waals surface area contributed by atoms with E-state index < -0.39 is 0 Å². The fraction of sp³-hybridized carbons (Fsp3) is 0.0909. The second-order valence-electron chi connectivity index (χ2n) is 3.58. The average Bonchev–Trinajstić information content (AvgIpc) is 2.33. The third-order valence-electron chi connectivity index (χ3n) is 2.18. The second-order valence-corrected chi connectivity index (χ2v) is 4.44. The summed E-state index contributed by atoms with van der Waals surface area (Å²) in [5.41, 5.74) is 3.04. The normalized spacial score (nSPS) is 10.2. The summed E-state index contributed by atoms with van der Waals surface area (Å²) in [6, 6.07) is 6.36. The Hall–Kier alpha value is -1.73. The van der Waals surface area contributed by atoms with Gasteiger partial charge < -0.3 is 10.7 Å². The van der Waals surface area contributed by atoms with Gasteiger partial charge in [-0.05, 0) is 41.1 Å². The molecule has 0 aliphatic carbocycles. The van der Waals surface area contributed by atoms with Crippen LogP contribution in [0.25, 0.3) is 0 Å². The van der Waals surface area contributed by atoms with Crippen LogP contribution < -0.4 is 16.6 Å². The number of nitrogens with zero attached hydrogens (tertiary/aromatic N) is 2. The maximum atomic E-state index is 13.4. The Morgan fingerprint density at radius 3 is 2.61 bits per heavy atom. The Morgan fingerprint density at radius 2 is 1.94 bits per heavy atom. The van der Waals surface area contributed by atoms with E-state index in [9.17, 15) is 4.39 Å². The monoisotopic (exact) mass is 311 g/mol. The average molecular weight is 312 g/mol. The van der Waals surface area contributed by atoms with Crippen LogP contribution in [-0.4, -0.2) is 9.97 Å². The van der Waals surface area contributed by atoms with Gasteiger partial charge in [-0.1, -0.05) is 0 Å². The highest BCUT2D eigenvalue weighted by atomic mass is 79.9. The van der Waals surface area contributed by atoms with Crippen molar-refractivity contribution in [2.24, 2.45) is 5.84 Å². The molecule has 18 heavy (non-hydrogen) atoms. The van der Waals surface area contributed by atoms with Gasteiger partial charge in [0.1, 0.15) is 23.3 Å². The van der Waals surface area contributed by atoms with Crippen LogP contribution in [-0.2, 0) is 0 Å². The Bertz CT molecular complexity index is 575. The topological polar surface area (TPSA) is 75.9 Å². The molecule has 7 heteroatoms. The van der Waals surface area contributed by atoms with Crippen LogP contribution in [0.4, 0.5) is 21.7 Å². The van der Waals surface area contributed by atoms with E-state index in [1.807, 2.05) is 0 Å². The molecular formula is C11H11BrFN5. The number of hydrazine groups is 1. The molecule has 0 aliphatic rings. The molecule has 0 spiro atoms. The molecule has 0 saturated carbocycles. The van der Waals surface area contributed by atoms with Crippen molar-refractivity contribution in [2.75, 3.05) is 10.7 Å². The molecule has 94 valence electrons. The highest BCUT2D eigenvalue weighted by Crippen LogP contribution is 2.22. The lowest BCUT2D eigenvalue weighted by Gasteiger charge is -2.08. The van der Waals surface area contributed by atoms with Crippen molar-refractivity contribution >= 4 is 33.3 Å². The van der Waals surface area contributed by atoms with Gasteiger partial charge in [0, 0.05) is 11.8 Å². The van der Waals surface area contributed by atoms with E-state index in [4.69, 9.17) is 5.84 Å². The zero-order valence-corrected chi connectivity index (χ0v) is 11.1. The summed E-state index contributed by atoms with van der Waals surface area (Å²) in [7, 11) is 0. The van der Waals surface area contributed by atoms with E-state index in [1.54, 1.807) is 25.1 Å². The molecule has 1 heterocycles. The maximum Gasteiger partial charge on any atom is 0.145 e. The Kier molecular flexibility index (Phi) is 3.73. The van der Waals surface area contributed by atoms with Gasteiger partial charge in [0.25, 0.3) is 0 Å². The SMILES string of the molecule is Cc1nc(NN)cc(Nc2ccc(Br)c(F)c2)n1. The molecule has 0 atom stereocenters. The fourth-order valence-corrected chi connectivity index (χ4v) is 1.67. The smallest absolute Gasteiger partial charge is 0.145 e. The molecule has 0 bridgehead atoms. The van der Waals surface area contributed by atoms with Crippen molar-refractivity contribution in [3.05, 3.63) is 40.4 Å². The van der Waals surface area contributed by atoms with Crippen molar-refractivity contribution in [2.45, 2.75) is 6.92 Å². The van der Waals surface area contributed by atoms with Gasteiger partial charge in [0.15, 0.2) is 0 Å². The van der Waals surface area contributed by atoms with Crippen LogP contribution in [0.3, 0.4) is 0 Å². The summed E-state index contributed by atoms with van der Waals surface area (Å²) >= 11 is 3.09. The van der Waals surface area contributed by atoms with Crippen LogP contribution in [0.2, 0.25) is 0 Å². The zero-order valence-electron chi connectivity index (χ0n) is 9.54. The van der Waals surface area contributed by atoms with Crippen LogP contribution in [0, 0.1) is 12.7 Å². The first kappa shape index (κ1) is 12.7. The predicted octanol–water partition coefficient (Wildman–Crippen LogP) is 2.72. The van der Waals surface area contributed by atoms with Crippen molar-refractivity contribution < 1.29 is 4.39 Å². The van der Waals surface area contributed by atoms with Gasteiger partial charge in [0.2, 0.25) is 0 Å². The number of hydrogen-bond acceptors (Lipinski definition) is 5. The van der Waals surface area contributed by atoms with Gasteiger partial charge in [-0.3, -0.25) is 0 Å². The Labute approximate surface area is 112 Å². The maximum absolute atomic E-state index is 13.4. The van der Waals surface area contributed by atoms with Crippen LogP contribution in [0.15, 0.2) is 28.7 Å². The highest BCUT2D eigenvalue weighted by molar-refractivity contribution is 9.10. The number of halogens is 2.